The van der Waals surface area contributed by atoms with Crippen LogP contribution in [0, 0.1) is 0 Å². The van der Waals surface area contributed by atoms with Gasteiger partial charge in [-0.1, -0.05) is 30.0 Å². The summed E-state index contributed by atoms with van der Waals surface area (Å²) in [5.74, 6) is -1.18. The Labute approximate surface area is 138 Å². The highest BCUT2D eigenvalue weighted by Crippen LogP contribution is 2.31. The largest absolute Gasteiger partial charge is 0.449 e. The van der Waals surface area contributed by atoms with Gasteiger partial charge in [0.15, 0.2) is 14.7 Å². The maximum Gasteiger partial charge on any atom is 0.449 e. The molecule has 0 saturated carbocycles. The zero-order valence-electron chi connectivity index (χ0n) is 12.6. The molecule has 0 fully saturated rings. The molecule has 0 radical (unpaired) electrons. The highest BCUT2D eigenvalue weighted by Gasteiger charge is 2.37. The molecule has 23 heavy (non-hydrogen) atoms. The van der Waals surface area contributed by atoms with Gasteiger partial charge in [-0.25, -0.2) is 9.97 Å². The first-order valence-corrected chi connectivity index (χ1v) is 9.03. The van der Waals surface area contributed by atoms with Gasteiger partial charge in [-0.15, -0.1) is 0 Å². The van der Waals surface area contributed by atoms with Crippen LogP contribution < -0.4 is 5.56 Å². The first kappa shape index (κ1) is 18.2. The fourth-order valence-corrected chi connectivity index (χ4v) is 3.39. The van der Waals surface area contributed by atoms with Crippen molar-refractivity contribution in [2.75, 3.05) is 19.5 Å². The summed E-state index contributed by atoms with van der Waals surface area (Å²) in [4.78, 5) is 20.1. The lowest BCUT2D eigenvalue weighted by molar-refractivity contribution is -0.148. The molecule has 0 atom stereocenters. The summed E-state index contributed by atoms with van der Waals surface area (Å²) in [5, 5.41) is 0. The van der Waals surface area contributed by atoms with Gasteiger partial charge in [0.2, 0.25) is 5.82 Å². The van der Waals surface area contributed by atoms with Crippen LogP contribution in [0.4, 0.5) is 13.2 Å². The molecule has 128 valence electrons. The molecule has 0 aliphatic heterocycles. The average Bonchev–Trinajstić information content (AvgIpc) is 2.91. The Balaban J connectivity index is 2.39. The third-order valence-electron chi connectivity index (χ3n) is 2.95. The number of ether oxygens (including phenoxy) is 1. The van der Waals surface area contributed by atoms with Gasteiger partial charge in [0.1, 0.15) is 0 Å². The Kier molecular flexibility index (Phi) is 6.04. The van der Waals surface area contributed by atoms with Gasteiger partial charge < -0.3 is 4.74 Å². The summed E-state index contributed by atoms with van der Waals surface area (Å²) < 4.78 is 46.0. The van der Waals surface area contributed by atoms with Crippen LogP contribution in [0.3, 0.4) is 0 Å². The molecule has 10 heteroatoms. The highest BCUT2D eigenvalue weighted by molar-refractivity contribution is 8.00. The number of thioether (sulfide) groups is 1. The molecule has 0 N–H and O–H groups in total. The van der Waals surface area contributed by atoms with Crippen molar-refractivity contribution in [3.63, 3.8) is 0 Å². The van der Waals surface area contributed by atoms with Crippen molar-refractivity contribution in [2.24, 2.45) is 0 Å². The number of hydrogen-bond acceptors (Lipinski definition) is 6. The van der Waals surface area contributed by atoms with Crippen LogP contribution in [-0.4, -0.2) is 34.0 Å². The minimum absolute atomic E-state index is 0.0122. The Bertz CT molecular complexity index is 728. The van der Waals surface area contributed by atoms with Crippen LogP contribution in [0.2, 0.25) is 0 Å². The first-order chi connectivity index (χ1) is 10.9. The average molecular weight is 367 g/mol. The molecule has 2 rings (SSSR count). The van der Waals surface area contributed by atoms with Crippen molar-refractivity contribution in [2.45, 2.75) is 36.8 Å². The Morgan fingerprint density at radius 2 is 2.04 bits per heavy atom. The lowest BCUT2D eigenvalue weighted by Gasteiger charge is -2.14. The number of nitrogens with zero attached hydrogens (tertiary/aromatic N) is 3. The molecule has 2 heterocycles. The third-order valence-corrected chi connectivity index (χ3v) is 4.88. The predicted octanol–water partition coefficient (Wildman–Crippen LogP) is 3.41. The highest BCUT2D eigenvalue weighted by atomic mass is 32.2. The monoisotopic (exact) mass is 367 g/mol. The van der Waals surface area contributed by atoms with Gasteiger partial charge in [0, 0.05) is 19.8 Å². The predicted molar refractivity (Wildman–Crippen MR) is 84.2 cm³/mol. The normalized spacial score (nSPS) is 12.2. The summed E-state index contributed by atoms with van der Waals surface area (Å²) in [5.41, 5.74) is -0.767. The van der Waals surface area contributed by atoms with E-state index in [9.17, 15) is 18.0 Å². The smallest absolute Gasteiger partial charge is 0.381 e. The minimum atomic E-state index is -4.69. The van der Waals surface area contributed by atoms with Crippen molar-refractivity contribution >= 4 is 33.4 Å². The van der Waals surface area contributed by atoms with Gasteiger partial charge >= 0.3 is 6.18 Å². The fourth-order valence-electron chi connectivity index (χ4n) is 1.97. The number of rotatable bonds is 7. The molecule has 2 aromatic rings. The van der Waals surface area contributed by atoms with Crippen molar-refractivity contribution in [1.29, 1.82) is 0 Å². The Hall–Kier alpha value is -1.13. The fraction of sp³-hybridized carbons (Fsp3) is 0.615. The number of alkyl halides is 3. The van der Waals surface area contributed by atoms with Gasteiger partial charge in [-0.05, 0) is 19.1 Å². The molecule has 0 amide bonds. The van der Waals surface area contributed by atoms with E-state index in [-0.39, 0.29) is 16.9 Å². The summed E-state index contributed by atoms with van der Waals surface area (Å²) in [6.07, 6.45) is -1.82. The number of thiazole rings is 1. The van der Waals surface area contributed by atoms with Crippen LogP contribution in [-0.2, 0) is 17.5 Å². The second-order valence-corrected chi connectivity index (χ2v) is 6.72. The summed E-state index contributed by atoms with van der Waals surface area (Å²) in [7, 11) is 0. The van der Waals surface area contributed by atoms with E-state index in [0.29, 0.717) is 28.5 Å². The van der Waals surface area contributed by atoms with Gasteiger partial charge in [0.05, 0.1) is 0 Å². The molecule has 2 aromatic heterocycles. The van der Waals surface area contributed by atoms with E-state index in [4.69, 9.17) is 4.74 Å². The minimum Gasteiger partial charge on any atom is -0.381 e. The van der Waals surface area contributed by atoms with E-state index in [1.165, 1.54) is 11.8 Å². The lowest BCUT2D eigenvalue weighted by atomic mass is 10.4. The topological polar surface area (TPSA) is 57.0 Å². The van der Waals surface area contributed by atoms with E-state index in [2.05, 4.69) is 9.97 Å². The second-order valence-electron chi connectivity index (χ2n) is 4.69. The molecule has 0 aliphatic rings. The molecular formula is C13H16F3N3O2S2. The number of hydrogen-bond donors (Lipinski definition) is 0. The van der Waals surface area contributed by atoms with E-state index in [1.807, 2.05) is 6.92 Å². The molecule has 0 spiro atoms. The maximum absolute atomic E-state index is 13.2. The van der Waals surface area contributed by atoms with Gasteiger partial charge in [0.25, 0.3) is 5.56 Å². The van der Waals surface area contributed by atoms with E-state index in [1.54, 1.807) is 6.26 Å². The summed E-state index contributed by atoms with van der Waals surface area (Å²) >= 11 is 2.26. The van der Waals surface area contributed by atoms with Crippen molar-refractivity contribution in [3.05, 3.63) is 16.2 Å². The standard InChI is InChI=1S/C13H16F3N3O2S2/c1-3-6-21-7-4-5-19-10(20)8-9(23-12(17-8)22-2)18-11(19)13(14,15)16/h3-7H2,1-2H3. The first-order valence-electron chi connectivity index (χ1n) is 6.98. The Morgan fingerprint density at radius 1 is 1.30 bits per heavy atom. The second kappa shape index (κ2) is 7.63. The van der Waals surface area contributed by atoms with E-state index >= 15 is 0 Å². The Morgan fingerprint density at radius 3 is 2.65 bits per heavy atom. The van der Waals surface area contributed by atoms with Crippen molar-refractivity contribution < 1.29 is 17.9 Å². The van der Waals surface area contributed by atoms with Crippen LogP contribution in [0.15, 0.2) is 9.13 Å². The number of fused-ring (bicyclic) bond motifs is 1. The third kappa shape index (κ3) is 4.24. The zero-order chi connectivity index (χ0) is 17.0. The maximum atomic E-state index is 13.2. The van der Waals surface area contributed by atoms with Gasteiger partial charge in [-0.3, -0.25) is 9.36 Å². The zero-order valence-corrected chi connectivity index (χ0v) is 14.3. The van der Waals surface area contributed by atoms with Crippen LogP contribution >= 0.6 is 23.1 Å². The lowest BCUT2D eigenvalue weighted by Crippen LogP contribution is -2.30. The van der Waals surface area contributed by atoms with Crippen molar-refractivity contribution in [1.82, 2.24) is 14.5 Å². The molecule has 0 aliphatic carbocycles. The van der Waals surface area contributed by atoms with Crippen LogP contribution in [0.5, 0.6) is 0 Å². The molecular weight excluding hydrogens is 351 g/mol. The summed E-state index contributed by atoms with van der Waals surface area (Å²) in [6.45, 7) is 2.67. The SMILES string of the molecule is CCCOCCCn1c(C(F)(F)F)nc2sc(SC)nc2c1=O. The molecule has 0 unspecified atom stereocenters. The number of halogens is 3. The van der Waals surface area contributed by atoms with E-state index in [0.717, 1.165) is 17.8 Å². The van der Waals surface area contributed by atoms with Gasteiger partial charge in [-0.2, -0.15) is 13.2 Å². The van der Waals surface area contributed by atoms with E-state index < -0.39 is 17.6 Å². The van der Waals surface area contributed by atoms with Crippen LogP contribution in [0.25, 0.3) is 10.3 Å². The van der Waals surface area contributed by atoms with Crippen molar-refractivity contribution in [3.8, 4) is 0 Å². The summed E-state index contributed by atoms with van der Waals surface area (Å²) in [6, 6.07) is 0. The molecule has 5 nitrogen and oxygen atoms in total. The molecule has 0 aromatic carbocycles. The quantitative estimate of drug-likeness (QED) is 0.554. The molecule has 0 saturated heterocycles. The van der Waals surface area contributed by atoms with Crippen LogP contribution in [0.1, 0.15) is 25.6 Å². The molecule has 0 bridgehead atoms. The number of aromatic nitrogens is 3.